The fraction of sp³-hybridized carbons (Fsp3) is 0.500. The highest BCUT2D eigenvalue weighted by Gasteiger charge is 2.10. The van der Waals surface area contributed by atoms with Crippen molar-refractivity contribution in [2.45, 2.75) is 30.9 Å². The number of rotatable bonds is 5. The molecule has 7 heteroatoms. The Morgan fingerprint density at radius 1 is 1.41 bits per heavy atom. The second-order valence-electron chi connectivity index (χ2n) is 3.62. The first-order chi connectivity index (χ1) is 8.24. The second-order valence-corrected chi connectivity index (χ2v) is 4.56. The molecule has 0 bridgehead atoms. The van der Waals surface area contributed by atoms with Crippen LogP contribution in [0.3, 0.4) is 0 Å². The van der Waals surface area contributed by atoms with E-state index in [1.165, 1.54) is 0 Å². The molecule has 0 aliphatic rings. The molecule has 0 spiro atoms. The van der Waals surface area contributed by atoms with Crippen LogP contribution in [0.25, 0.3) is 0 Å². The average molecular weight is 252 g/mol. The first-order valence-corrected chi connectivity index (χ1v) is 6.46. The van der Waals surface area contributed by atoms with Crippen LogP contribution in [0.15, 0.2) is 17.4 Å². The van der Waals surface area contributed by atoms with E-state index in [0.717, 1.165) is 29.0 Å². The van der Waals surface area contributed by atoms with Crippen LogP contribution in [0.4, 0.5) is 0 Å². The predicted octanol–water partition coefficient (Wildman–Crippen LogP) is 0.782. The number of hydrogen-bond acceptors (Lipinski definition) is 5. The van der Waals surface area contributed by atoms with E-state index in [4.69, 9.17) is 5.73 Å². The van der Waals surface area contributed by atoms with Crippen LogP contribution in [-0.2, 0) is 25.9 Å². The van der Waals surface area contributed by atoms with E-state index < -0.39 is 0 Å². The number of hydrogen-bond donors (Lipinski definition) is 1. The Hall–Kier alpha value is -1.34. The molecule has 2 aromatic rings. The molecular weight excluding hydrogens is 236 g/mol. The summed E-state index contributed by atoms with van der Waals surface area (Å²) in [6.07, 6.45) is 1.94. The molecule has 2 N–H and O–H groups in total. The molecule has 0 radical (unpaired) electrons. The Morgan fingerprint density at radius 2 is 2.24 bits per heavy atom. The Kier molecular flexibility index (Phi) is 3.80. The minimum absolute atomic E-state index is 0.422. The van der Waals surface area contributed by atoms with Crippen LogP contribution in [0, 0.1) is 0 Å². The average Bonchev–Trinajstić information content (AvgIpc) is 2.91. The minimum Gasteiger partial charge on any atom is -0.324 e. The molecule has 0 atom stereocenters. The molecule has 2 rings (SSSR count). The Bertz CT molecular complexity index is 489. The van der Waals surface area contributed by atoms with Crippen molar-refractivity contribution in [3.8, 4) is 0 Å². The highest BCUT2D eigenvalue weighted by Crippen LogP contribution is 2.20. The van der Waals surface area contributed by atoms with Gasteiger partial charge in [-0.2, -0.15) is 5.10 Å². The summed E-state index contributed by atoms with van der Waals surface area (Å²) >= 11 is 1.63. The van der Waals surface area contributed by atoms with Gasteiger partial charge in [0.1, 0.15) is 5.82 Å². The van der Waals surface area contributed by atoms with Crippen molar-refractivity contribution in [3.05, 3.63) is 23.8 Å². The van der Waals surface area contributed by atoms with Gasteiger partial charge >= 0.3 is 0 Å². The van der Waals surface area contributed by atoms with Crippen molar-refractivity contribution in [3.63, 3.8) is 0 Å². The lowest BCUT2D eigenvalue weighted by Gasteiger charge is -2.04. The normalized spacial score (nSPS) is 11.0. The van der Waals surface area contributed by atoms with Crippen LogP contribution >= 0.6 is 11.8 Å². The number of nitrogens with two attached hydrogens (primary N) is 1. The monoisotopic (exact) mass is 252 g/mol. The second kappa shape index (κ2) is 5.33. The topological polar surface area (TPSA) is 74.6 Å². The largest absolute Gasteiger partial charge is 0.324 e. The fourth-order valence-electron chi connectivity index (χ4n) is 1.57. The van der Waals surface area contributed by atoms with Crippen molar-refractivity contribution in [2.75, 3.05) is 0 Å². The third kappa shape index (κ3) is 2.67. The fourth-order valence-corrected chi connectivity index (χ4v) is 2.49. The van der Waals surface area contributed by atoms with Crippen LogP contribution in [-0.4, -0.2) is 24.5 Å². The molecule has 0 amide bonds. The van der Waals surface area contributed by atoms with Crippen molar-refractivity contribution in [1.29, 1.82) is 0 Å². The van der Waals surface area contributed by atoms with Crippen LogP contribution in [0.1, 0.15) is 18.4 Å². The zero-order valence-corrected chi connectivity index (χ0v) is 10.8. The molecule has 17 heavy (non-hydrogen) atoms. The van der Waals surface area contributed by atoms with Crippen molar-refractivity contribution in [1.82, 2.24) is 24.5 Å². The van der Waals surface area contributed by atoms with Gasteiger partial charge in [-0.15, -0.1) is 10.2 Å². The van der Waals surface area contributed by atoms with Gasteiger partial charge in [-0.05, 0) is 13.0 Å². The first-order valence-electron chi connectivity index (χ1n) is 5.48. The molecule has 2 aromatic heterocycles. The van der Waals surface area contributed by atoms with Crippen molar-refractivity contribution < 1.29 is 0 Å². The highest BCUT2D eigenvalue weighted by atomic mass is 32.2. The molecule has 2 heterocycles. The lowest BCUT2D eigenvalue weighted by molar-refractivity contribution is 0.642. The minimum atomic E-state index is 0.422. The van der Waals surface area contributed by atoms with Crippen molar-refractivity contribution in [2.24, 2.45) is 12.8 Å². The molecule has 0 aliphatic heterocycles. The van der Waals surface area contributed by atoms with Crippen molar-refractivity contribution >= 4 is 11.8 Å². The van der Waals surface area contributed by atoms with Gasteiger partial charge in [-0.3, -0.25) is 4.68 Å². The summed E-state index contributed by atoms with van der Waals surface area (Å²) in [5.74, 6) is 1.62. The summed E-state index contributed by atoms with van der Waals surface area (Å²) in [5, 5.41) is 13.4. The predicted molar refractivity (Wildman–Crippen MR) is 66.4 cm³/mol. The molecular formula is C10H16N6S. The van der Waals surface area contributed by atoms with Gasteiger partial charge in [0.25, 0.3) is 0 Å². The van der Waals surface area contributed by atoms with E-state index in [2.05, 4.69) is 22.2 Å². The summed E-state index contributed by atoms with van der Waals surface area (Å²) in [6, 6.07) is 2.00. The number of aryl methyl sites for hydroxylation is 1. The summed E-state index contributed by atoms with van der Waals surface area (Å²) in [4.78, 5) is 0. The van der Waals surface area contributed by atoms with Gasteiger partial charge in [0.2, 0.25) is 0 Å². The highest BCUT2D eigenvalue weighted by molar-refractivity contribution is 7.98. The maximum Gasteiger partial charge on any atom is 0.191 e. The third-order valence-electron chi connectivity index (χ3n) is 2.41. The SMILES string of the molecule is CCn1c(CN)nnc1SCc1ccn(C)n1. The summed E-state index contributed by atoms with van der Waals surface area (Å²) in [6.45, 7) is 3.32. The van der Waals surface area contributed by atoms with Crippen LogP contribution < -0.4 is 5.73 Å². The smallest absolute Gasteiger partial charge is 0.191 e. The first kappa shape index (κ1) is 12.1. The Balaban J connectivity index is 2.06. The zero-order valence-electron chi connectivity index (χ0n) is 10.00. The van der Waals surface area contributed by atoms with E-state index in [1.54, 1.807) is 16.4 Å². The molecule has 0 saturated heterocycles. The molecule has 0 unspecified atom stereocenters. The van der Waals surface area contributed by atoms with E-state index in [0.29, 0.717) is 6.54 Å². The Morgan fingerprint density at radius 3 is 2.82 bits per heavy atom. The van der Waals surface area contributed by atoms with Gasteiger partial charge in [-0.25, -0.2) is 0 Å². The lowest BCUT2D eigenvalue weighted by Crippen LogP contribution is -2.08. The molecule has 92 valence electrons. The van der Waals surface area contributed by atoms with E-state index in [9.17, 15) is 0 Å². The number of aromatic nitrogens is 5. The lowest BCUT2D eigenvalue weighted by atomic mass is 10.5. The summed E-state index contributed by atoms with van der Waals surface area (Å²) in [7, 11) is 1.91. The van der Waals surface area contributed by atoms with Gasteiger partial charge in [0, 0.05) is 25.5 Å². The quantitative estimate of drug-likeness (QED) is 0.796. The van der Waals surface area contributed by atoms with Crippen LogP contribution in [0.2, 0.25) is 0 Å². The summed E-state index contributed by atoms with van der Waals surface area (Å²) < 4.78 is 3.83. The van der Waals surface area contributed by atoms with Gasteiger partial charge in [0.15, 0.2) is 5.16 Å². The number of nitrogens with zero attached hydrogens (tertiary/aromatic N) is 5. The van der Waals surface area contributed by atoms with Gasteiger partial charge < -0.3 is 10.3 Å². The zero-order chi connectivity index (χ0) is 12.3. The molecule has 6 nitrogen and oxygen atoms in total. The Labute approximate surface area is 104 Å². The maximum absolute atomic E-state index is 5.60. The maximum atomic E-state index is 5.60. The standard InChI is InChI=1S/C10H16N6S/c1-3-16-9(6-11)12-13-10(16)17-7-8-4-5-15(2)14-8/h4-5H,3,6-7,11H2,1-2H3. The van der Waals surface area contributed by atoms with E-state index in [1.807, 2.05) is 23.9 Å². The summed E-state index contributed by atoms with van der Waals surface area (Å²) in [5.41, 5.74) is 6.64. The molecule has 0 fully saturated rings. The van der Waals surface area contributed by atoms with E-state index >= 15 is 0 Å². The van der Waals surface area contributed by atoms with Crippen LogP contribution in [0.5, 0.6) is 0 Å². The van der Waals surface area contributed by atoms with Gasteiger partial charge in [-0.1, -0.05) is 11.8 Å². The molecule has 0 aromatic carbocycles. The number of thioether (sulfide) groups is 1. The van der Waals surface area contributed by atoms with E-state index in [-0.39, 0.29) is 0 Å². The molecule has 0 saturated carbocycles. The third-order valence-corrected chi connectivity index (χ3v) is 3.41. The molecule has 0 aliphatic carbocycles. The van der Waals surface area contributed by atoms with Gasteiger partial charge in [0.05, 0.1) is 12.2 Å².